The number of ether oxygens (including phenoxy) is 3. The van der Waals surface area contributed by atoms with Gasteiger partial charge in [-0.15, -0.1) is 6.58 Å². The number of carbonyl (C=O) groups is 2. The lowest BCUT2D eigenvalue weighted by Gasteiger charge is -2.21. The minimum atomic E-state index is -1.02. The molecule has 0 amide bonds. The second kappa shape index (κ2) is 11.3. The molecule has 21 heavy (non-hydrogen) atoms. The van der Waals surface area contributed by atoms with Crippen LogP contribution in [0.15, 0.2) is 24.3 Å². The van der Waals surface area contributed by atoms with Crippen molar-refractivity contribution in [1.29, 1.82) is 0 Å². The molecule has 0 aromatic heterocycles. The van der Waals surface area contributed by atoms with Gasteiger partial charge >= 0.3 is 11.9 Å². The summed E-state index contributed by atoms with van der Waals surface area (Å²) in [4.78, 5) is 23.8. The van der Waals surface area contributed by atoms with E-state index in [0.717, 1.165) is 0 Å². The molecule has 0 N–H and O–H groups in total. The van der Waals surface area contributed by atoms with Gasteiger partial charge in [-0.25, -0.2) is 0 Å². The van der Waals surface area contributed by atoms with Crippen LogP contribution in [-0.4, -0.2) is 37.9 Å². The van der Waals surface area contributed by atoms with E-state index in [2.05, 4.69) is 13.2 Å². The molecule has 0 aliphatic heterocycles. The fraction of sp³-hybridized carbons (Fsp3) is 0.600. The van der Waals surface area contributed by atoms with Crippen molar-refractivity contribution in [3.05, 3.63) is 24.3 Å². The second-order valence-electron chi connectivity index (χ2n) is 4.27. The maximum atomic E-state index is 11.9. The lowest BCUT2D eigenvalue weighted by atomic mass is 9.99. The van der Waals surface area contributed by atoms with Crippen LogP contribution in [0.3, 0.4) is 0 Å². The predicted molar refractivity (Wildman–Crippen MR) is 80.9 cm³/mol. The Hall–Kier alpha value is -1.33. The molecule has 0 aromatic carbocycles. The third-order valence-corrected chi connectivity index (χ3v) is 2.66. The van der Waals surface area contributed by atoms with Crippen LogP contribution in [0.1, 0.15) is 26.7 Å². The van der Waals surface area contributed by atoms with Crippen molar-refractivity contribution in [2.75, 3.05) is 19.8 Å². The van der Waals surface area contributed by atoms with Crippen LogP contribution in [-0.2, 0) is 23.8 Å². The zero-order valence-electron chi connectivity index (χ0n) is 12.6. The van der Waals surface area contributed by atoms with Crippen LogP contribution in [0.25, 0.3) is 0 Å². The van der Waals surface area contributed by atoms with E-state index in [4.69, 9.17) is 25.8 Å². The molecular weight excluding hydrogens is 296 g/mol. The summed E-state index contributed by atoms with van der Waals surface area (Å²) in [6, 6.07) is 0. The maximum Gasteiger partial charge on any atom is 0.320 e. The molecule has 0 aliphatic carbocycles. The van der Waals surface area contributed by atoms with E-state index in [9.17, 15) is 9.59 Å². The van der Waals surface area contributed by atoms with Crippen molar-refractivity contribution in [3.63, 3.8) is 0 Å². The smallest absolute Gasteiger partial charge is 0.320 e. The molecule has 0 rings (SSSR count). The molecular formula is C15H23ClO5. The SMILES string of the molecule is C=CCC(CC(C(=O)OCC)C(=O)OCC)OCC(=C)Cl. The summed E-state index contributed by atoms with van der Waals surface area (Å²) in [7, 11) is 0. The van der Waals surface area contributed by atoms with Gasteiger partial charge in [0.25, 0.3) is 0 Å². The molecule has 0 heterocycles. The Bertz CT molecular complexity index is 349. The van der Waals surface area contributed by atoms with Gasteiger partial charge in [-0.05, 0) is 26.7 Å². The van der Waals surface area contributed by atoms with Crippen molar-refractivity contribution in [1.82, 2.24) is 0 Å². The van der Waals surface area contributed by atoms with E-state index in [1.54, 1.807) is 19.9 Å². The van der Waals surface area contributed by atoms with E-state index >= 15 is 0 Å². The number of hydrogen-bond donors (Lipinski definition) is 0. The monoisotopic (exact) mass is 318 g/mol. The fourth-order valence-corrected chi connectivity index (χ4v) is 1.73. The highest BCUT2D eigenvalue weighted by molar-refractivity contribution is 6.29. The highest BCUT2D eigenvalue weighted by atomic mass is 35.5. The Morgan fingerprint density at radius 2 is 1.71 bits per heavy atom. The molecule has 1 atom stereocenters. The first-order chi connectivity index (χ1) is 9.96. The van der Waals surface area contributed by atoms with Crippen molar-refractivity contribution < 1.29 is 23.8 Å². The van der Waals surface area contributed by atoms with Gasteiger partial charge in [0.05, 0.1) is 25.9 Å². The zero-order chi connectivity index (χ0) is 16.3. The summed E-state index contributed by atoms with van der Waals surface area (Å²) in [6.07, 6.45) is 1.87. The first-order valence-corrected chi connectivity index (χ1v) is 7.23. The molecule has 0 aromatic rings. The highest BCUT2D eigenvalue weighted by Gasteiger charge is 2.32. The Kier molecular flexibility index (Phi) is 10.6. The first-order valence-electron chi connectivity index (χ1n) is 6.85. The third kappa shape index (κ3) is 8.52. The first kappa shape index (κ1) is 19.7. The summed E-state index contributed by atoms with van der Waals surface area (Å²) in [5.41, 5.74) is 0. The summed E-state index contributed by atoms with van der Waals surface area (Å²) in [5.74, 6) is -2.24. The Morgan fingerprint density at radius 3 is 2.10 bits per heavy atom. The maximum absolute atomic E-state index is 11.9. The summed E-state index contributed by atoms with van der Waals surface area (Å²) < 4.78 is 15.3. The molecule has 0 saturated carbocycles. The lowest BCUT2D eigenvalue weighted by Crippen LogP contribution is -2.32. The second-order valence-corrected chi connectivity index (χ2v) is 4.80. The predicted octanol–water partition coefficient (Wildman–Crippen LogP) is 2.83. The minimum Gasteiger partial charge on any atom is -0.465 e. The van der Waals surface area contributed by atoms with Gasteiger partial charge in [-0.3, -0.25) is 9.59 Å². The number of carbonyl (C=O) groups excluding carboxylic acids is 2. The average molecular weight is 319 g/mol. The van der Waals surface area contributed by atoms with E-state index < -0.39 is 24.0 Å². The van der Waals surface area contributed by atoms with Crippen LogP contribution < -0.4 is 0 Å². The van der Waals surface area contributed by atoms with E-state index in [1.165, 1.54) is 0 Å². The quantitative estimate of drug-likeness (QED) is 0.333. The Labute approximate surface area is 130 Å². The highest BCUT2D eigenvalue weighted by Crippen LogP contribution is 2.18. The van der Waals surface area contributed by atoms with Crippen molar-refractivity contribution in [2.45, 2.75) is 32.8 Å². The van der Waals surface area contributed by atoms with Gasteiger partial charge in [0.15, 0.2) is 5.92 Å². The van der Waals surface area contributed by atoms with E-state index in [0.29, 0.717) is 11.5 Å². The molecule has 0 aliphatic rings. The molecule has 5 nitrogen and oxygen atoms in total. The van der Waals surface area contributed by atoms with E-state index in [1.807, 2.05) is 0 Å². The van der Waals surface area contributed by atoms with Gasteiger partial charge in [0.1, 0.15) is 0 Å². The molecule has 0 saturated heterocycles. The van der Waals surface area contributed by atoms with Crippen LogP contribution >= 0.6 is 11.6 Å². The molecule has 120 valence electrons. The summed E-state index contributed by atoms with van der Waals surface area (Å²) >= 11 is 5.65. The molecule has 0 bridgehead atoms. The molecule has 0 spiro atoms. The van der Waals surface area contributed by atoms with Gasteiger partial charge in [-0.2, -0.15) is 0 Å². The van der Waals surface area contributed by atoms with Gasteiger partial charge in [0.2, 0.25) is 0 Å². The summed E-state index contributed by atoms with van der Waals surface area (Å²) in [6.45, 7) is 11.0. The molecule has 1 unspecified atom stereocenters. The van der Waals surface area contributed by atoms with Gasteiger partial charge in [-0.1, -0.05) is 24.3 Å². The van der Waals surface area contributed by atoms with Crippen LogP contribution in [0, 0.1) is 5.92 Å². The number of hydrogen-bond acceptors (Lipinski definition) is 5. The van der Waals surface area contributed by atoms with Crippen LogP contribution in [0.4, 0.5) is 0 Å². The van der Waals surface area contributed by atoms with Crippen molar-refractivity contribution in [3.8, 4) is 0 Å². The summed E-state index contributed by atoms with van der Waals surface area (Å²) in [5, 5.41) is 0.341. The van der Waals surface area contributed by atoms with Crippen molar-refractivity contribution in [2.24, 2.45) is 5.92 Å². The van der Waals surface area contributed by atoms with Crippen LogP contribution in [0.5, 0.6) is 0 Å². The largest absolute Gasteiger partial charge is 0.465 e. The minimum absolute atomic E-state index is 0.137. The average Bonchev–Trinajstić information content (AvgIpc) is 2.42. The standard InChI is InChI=1S/C15H23ClO5/c1-5-8-12(21-10-11(4)16)9-13(14(17)19-6-2)15(18)20-7-3/h5,12-13H,1,4,6-10H2,2-3H3. The molecule has 0 radical (unpaired) electrons. The number of rotatable bonds is 11. The van der Waals surface area contributed by atoms with Crippen molar-refractivity contribution >= 4 is 23.5 Å². The normalized spacial score (nSPS) is 11.8. The number of halogens is 1. The lowest BCUT2D eigenvalue weighted by molar-refractivity contribution is -0.163. The Morgan fingerprint density at radius 1 is 1.19 bits per heavy atom. The van der Waals surface area contributed by atoms with Gasteiger partial charge < -0.3 is 14.2 Å². The van der Waals surface area contributed by atoms with Crippen LogP contribution in [0.2, 0.25) is 0 Å². The zero-order valence-corrected chi connectivity index (χ0v) is 13.4. The fourth-order valence-electron chi connectivity index (χ4n) is 1.66. The van der Waals surface area contributed by atoms with Gasteiger partial charge in [0, 0.05) is 5.03 Å². The third-order valence-electron chi connectivity index (χ3n) is 2.55. The topological polar surface area (TPSA) is 61.8 Å². The van der Waals surface area contributed by atoms with E-state index in [-0.39, 0.29) is 26.2 Å². The Balaban J connectivity index is 4.84. The number of esters is 2. The molecule has 6 heteroatoms. The molecule has 0 fully saturated rings.